The molecule has 0 bridgehead atoms. The van der Waals surface area contributed by atoms with Gasteiger partial charge in [0.05, 0.1) is 5.41 Å². The molecule has 14 heavy (non-hydrogen) atoms. The molecular weight excluding hydrogens is 184 g/mol. The minimum atomic E-state index is -0.919. The van der Waals surface area contributed by atoms with Gasteiger partial charge in [-0.15, -0.1) is 0 Å². The number of rotatable bonds is 5. The highest BCUT2D eigenvalue weighted by Crippen LogP contribution is 2.13. The van der Waals surface area contributed by atoms with Crippen LogP contribution in [0.25, 0.3) is 0 Å². The molecule has 0 rings (SSSR count). The van der Waals surface area contributed by atoms with E-state index in [1.807, 2.05) is 0 Å². The molecular formula is C9H18N2O3. The molecule has 0 spiro atoms. The Kier molecular flexibility index (Phi) is 4.56. The number of carboxylic acid groups (broad SMARTS) is 1. The van der Waals surface area contributed by atoms with Crippen LogP contribution in [-0.4, -0.2) is 36.6 Å². The Morgan fingerprint density at radius 1 is 1.43 bits per heavy atom. The van der Waals surface area contributed by atoms with Crippen molar-refractivity contribution in [3.05, 3.63) is 0 Å². The van der Waals surface area contributed by atoms with Gasteiger partial charge in [-0.1, -0.05) is 0 Å². The largest absolute Gasteiger partial charge is 0.480 e. The Labute approximate surface area is 83.9 Å². The van der Waals surface area contributed by atoms with Crippen LogP contribution in [0.15, 0.2) is 0 Å². The van der Waals surface area contributed by atoms with E-state index in [2.05, 4.69) is 10.6 Å². The van der Waals surface area contributed by atoms with E-state index in [0.717, 1.165) is 0 Å². The molecule has 82 valence electrons. The second-order valence-electron chi connectivity index (χ2n) is 3.90. The van der Waals surface area contributed by atoms with Gasteiger partial charge in [-0.2, -0.15) is 0 Å². The summed E-state index contributed by atoms with van der Waals surface area (Å²) in [5, 5.41) is 13.9. The van der Waals surface area contributed by atoms with Gasteiger partial charge in [-0.3, -0.25) is 9.59 Å². The van der Waals surface area contributed by atoms with Crippen LogP contribution in [0.3, 0.4) is 0 Å². The third kappa shape index (κ3) is 3.74. The van der Waals surface area contributed by atoms with Gasteiger partial charge in [0, 0.05) is 13.6 Å². The Bertz CT molecular complexity index is 226. The summed E-state index contributed by atoms with van der Waals surface area (Å²) in [6.45, 7) is 5.39. The molecule has 0 saturated heterocycles. The first-order chi connectivity index (χ1) is 6.31. The zero-order chi connectivity index (χ0) is 11.4. The minimum absolute atomic E-state index is 0.109. The molecule has 5 heteroatoms. The second-order valence-corrected chi connectivity index (χ2v) is 3.90. The summed E-state index contributed by atoms with van der Waals surface area (Å²) in [4.78, 5) is 21.8. The van der Waals surface area contributed by atoms with Crippen LogP contribution >= 0.6 is 0 Å². The quantitative estimate of drug-likeness (QED) is 0.578. The Morgan fingerprint density at radius 2 is 1.93 bits per heavy atom. The van der Waals surface area contributed by atoms with Gasteiger partial charge >= 0.3 is 5.97 Å². The standard InChI is InChI=1S/C9H18N2O3/c1-6(7(12)13)11-5-9(2,3)8(14)10-4/h6,11H,5H2,1-4H3,(H,10,14)(H,12,13). The first-order valence-corrected chi connectivity index (χ1v) is 4.49. The van der Waals surface area contributed by atoms with Crippen molar-refractivity contribution in [2.45, 2.75) is 26.8 Å². The third-order valence-corrected chi connectivity index (χ3v) is 2.06. The van der Waals surface area contributed by atoms with Crippen LogP contribution in [0.5, 0.6) is 0 Å². The van der Waals surface area contributed by atoms with Crippen molar-refractivity contribution < 1.29 is 14.7 Å². The van der Waals surface area contributed by atoms with Crippen molar-refractivity contribution in [1.82, 2.24) is 10.6 Å². The first kappa shape index (κ1) is 12.9. The smallest absolute Gasteiger partial charge is 0.320 e. The summed E-state index contributed by atoms with van der Waals surface area (Å²) < 4.78 is 0. The molecule has 1 amide bonds. The van der Waals surface area contributed by atoms with E-state index >= 15 is 0 Å². The van der Waals surface area contributed by atoms with Crippen LogP contribution in [0.1, 0.15) is 20.8 Å². The van der Waals surface area contributed by atoms with E-state index in [-0.39, 0.29) is 5.91 Å². The van der Waals surface area contributed by atoms with Crippen molar-refractivity contribution in [3.63, 3.8) is 0 Å². The number of carbonyl (C=O) groups is 2. The molecule has 1 unspecified atom stereocenters. The van der Waals surface area contributed by atoms with Gasteiger partial charge in [0.1, 0.15) is 6.04 Å². The van der Waals surface area contributed by atoms with Crippen molar-refractivity contribution in [2.24, 2.45) is 5.41 Å². The molecule has 3 N–H and O–H groups in total. The predicted molar refractivity (Wildman–Crippen MR) is 52.9 cm³/mol. The maximum absolute atomic E-state index is 11.3. The summed E-state index contributed by atoms with van der Waals surface area (Å²) in [6.07, 6.45) is 0. The van der Waals surface area contributed by atoms with E-state index in [4.69, 9.17) is 5.11 Å². The fourth-order valence-electron chi connectivity index (χ4n) is 0.914. The van der Waals surface area contributed by atoms with Crippen LogP contribution in [0.4, 0.5) is 0 Å². The molecule has 0 aromatic heterocycles. The summed E-state index contributed by atoms with van der Waals surface area (Å²) in [5.41, 5.74) is -0.599. The van der Waals surface area contributed by atoms with Crippen molar-refractivity contribution >= 4 is 11.9 Å². The van der Waals surface area contributed by atoms with Gasteiger partial charge in [-0.25, -0.2) is 0 Å². The molecule has 0 aromatic carbocycles. The zero-order valence-electron chi connectivity index (χ0n) is 9.05. The normalized spacial score (nSPS) is 13.4. The summed E-state index contributed by atoms with van der Waals surface area (Å²) in [6, 6.07) is -0.640. The molecule has 1 atom stereocenters. The van der Waals surface area contributed by atoms with Crippen molar-refractivity contribution in [2.75, 3.05) is 13.6 Å². The highest BCUT2D eigenvalue weighted by Gasteiger charge is 2.27. The molecule has 0 aliphatic heterocycles. The number of nitrogens with one attached hydrogen (secondary N) is 2. The van der Waals surface area contributed by atoms with E-state index in [9.17, 15) is 9.59 Å². The Balaban J connectivity index is 4.11. The molecule has 0 saturated carbocycles. The fourth-order valence-corrected chi connectivity index (χ4v) is 0.914. The third-order valence-electron chi connectivity index (χ3n) is 2.06. The van der Waals surface area contributed by atoms with Crippen LogP contribution in [0.2, 0.25) is 0 Å². The number of aliphatic carboxylic acids is 1. The monoisotopic (exact) mass is 202 g/mol. The van der Waals surface area contributed by atoms with Crippen molar-refractivity contribution in [3.8, 4) is 0 Å². The Hall–Kier alpha value is -1.10. The highest BCUT2D eigenvalue weighted by molar-refractivity contribution is 5.81. The SMILES string of the molecule is CNC(=O)C(C)(C)CNC(C)C(=O)O. The second kappa shape index (κ2) is 4.95. The molecule has 0 heterocycles. The lowest BCUT2D eigenvalue weighted by Gasteiger charge is -2.24. The lowest BCUT2D eigenvalue weighted by Crippen LogP contribution is -2.46. The number of carbonyl (C=O) groups excluding carboxylic acids is 1. The number of amides is 1. The molecule has 0 aliphatic carbocycles. The van der Waals surface area contributed by atoms with Gasteiger partial charge < -0.3 is 15.7 Å². The predicted octanol–water partition coefficient (Wildman–Crippen LogP) is -0.179. The summed E-state index contributed by atoms with van der Waals surface area (Å²) >= 11 is 0. The topological polar surface area (TPSA) is 78.4 Å². The van der Waals surface area contributed by atoms with Gasteiger partial charge in [0.15, 0.2) is 0 Å². The van der Waals surface area contributed by atoms with Gasteiger partial charge in [0.2, 0.25) is 5.91 Å². The molecule has 0 aliphatic rings. The van der Waals surface area contributed by atoms with Gasteiger partial charge in [-0.05, 0) is 20.8 Å². The number of carboxylic acids is 1. The summed E-state index contributed by atoms with van der Waals surface area (Å²) in [7, 11) is 1.56. The van der Waals surface area contributed by atoms with Crippen LogP contribution in [0, 0.1) is 5.41 Å². The van der Waals surface area contributed by atoms with E-state index in [1.165, 1.54) is 0 Å². The summed E-state index contributed by atoms with van der Waals surface area (Å²) in [5.74, 6) is -1.03. The first-order valence-electron chi connectivity index (χ1n) is 4.49. The molecule has 0 aromatic rings. The van der Waals surface area contributed by atoms with Crippen LogP contribution in [-0.2, 0) is 9.59 Å². The maximum Gasteiger partial charge on any atom is 0.320 e. The molecule has 0 radical (unpaired) electrons. The average molecular weight is 202 g/mol. The van der Waals surface area contributed by atoms with Crippen molar-refractivity contribution in [1.29, 1.82) is 0 Å². The minimum Gasteiger partial charge on any atom is -0.480 e. The van der Waals surface area contributed by atoms with Crippen LogP contribution < -0.4 is 10.6 Å². The number of hydrogen-bond donors (Lipinski definition) is 3. The van der Waals surface area contributed by atoms with E-state index in [1.54, 1.807) is 27.8 Å². The molecule has 0 fully saturated rings. The highest BCUT2D eigenvalue weighted by atomic mass is 16.4. The maximum atomic E-state index is 11.3. The van der Waals surface area contributed by atoms with E-state index in [0.29, 0.717) is 6.54 Å². The lowest BCUT2D eigenvalue weighted by molar-refractivity contribution is -0.139. The van der Waals surface area contributed by atoms with E-state index < -0.39 is 17.4 Å². The fraction of sp³-hybridized carbons (Fsp3) is 0.778. The molecule has 5 nitrogen and oxygen atoms in total. The lowest BCUT2D eigenvalue weighted by atomic mass is 9.92. The number of hydrogen-bond acceptors (Lipinski definition) is 3. The van der Waals surface area contributed by atoms with Gasteiger partial charge in [0.25, 0.3) is 0 Å². The zero-order valence-corrected chi connectivity index (χ0v) is 9.05. The Morgan fingerprint density at radius 3 is 2.29 bits per heavy atom. The average Bonchev–Trinajstić information content (AvgIpc) is 2.12.